The Morgan fingerprint density at radius 1 is 1.77 bits per heavy atom. The average molecular weight is 180 g/mol. The first-order chi connectivity index (χ1) is 6.29. The van der Waals surface area contributed by atoms with E-state index < -0.39 is 0 Å². The average Bonchev–Trinajstić information content (AvgIpc) is 2.48. The van der Waals surface area contributed by atoms with Crippen molar-refractivity contribution < 1.29 is 4.74 Å². The second-order valence-corrected chi connectivity index (χ2v) is 2.48. The molecule has 0 amide bonds. The fourth-order valence-corrected chi connectivity index (χ4v) is 0.963. The summed E-state index contributed by atoms with van der Waals surface area (Å²) in [4.78, 5) is 3.83. The van der Waals surface area contributed by atoms with Crippen LogP contribution in [0.15, 0.2) is 6.33 Å². The molecule has 0 unspecified atom stereocenters. The Balaban J connectivity index is 2.58. The standard InChI is InChI=1S/C8H12N4O/c1-2-13-4-3-12-6-11-7(5-9)8(12)10/h6H,2-4,10H2,1H3. The van der Waals surface area contributed by atoms with Crippen molar-refractivity contribution in [3.63, 3.8) is 0 Å². The third-order valence-corrected chi connectivity index (χ3v) is 1.66. The number of hydrogen-bond acceptors (Lipinski definition) is 4. The smallest absolute Gasteiger partial charge is 0.182 e. The Kier molecular flexibility index (Phi) is 3.29. The van der Waals surface area contributed by atoms with Crippen molar-refractivity contribution in [2.24, 2.45) is 0 Å². The van der Waals surface area contributed by atoms with Gasteiger partial charge >= 0.3 is 0 Å². The van der Waals surface area contributed by atoms with Gasteiger partial charge in [-0.25, -0.2) is 4.98 Å². The van der Waals surface area contributed by atoms with Crippen LogP contribution in [-0.2, 0) is 11.3 Å². The summed E-state index contributed by atoms with van der Waals surface area (Å²) in [7, 11) is 0. The van der Waals surface area contributed by atoms with Crippen LogP contribution in [0.1, 0.15) is 12.6 Å². The van der Waals surface area contributed by atoms with Gasteiger partial charge in [-0.3, -0.25) is 0 Å². The van der Waals surface area contributed by atoms with Gasteiger partial charge in [0, 0.05) is 13.2 Å². The molecule has 0 aliphatic heterocycles. The summed E-state index contributed by atoms with van der Waals surface area (Å²) in [6.07, 6.45) is 1.55. The van der Waals surface area contributed by atoms with Crippen LogP contribution in [0, 0.1) is 11.3 Å². The Bertz CT molecular complexity index is 312. The minimum Gasteiger partial charge on any atom is -0.383 e. The molecule has 0 bridgehead atoms. The zero-order valence-corrected chi connectivity index (χ0v) is 7.53. The van der Waals surface area contributed by atoms with E-state index in [0.29, 0.717) is 25.6 Å². The van der Waals surface area contributed by atoms with Gasteiger partial charge in [0.25, 0.3) is 0 Å². The number of nitrogens with two attached hydrogens (primary N) is 1. The highest BCUT2D eigenvalue weighted by atomic mass is 16.5. The van der Waals surface area contributed by atoms with Crippen molar-refractivity contribution in [2.75, 3.05) is 18.9 Å². The van der Waals surface area contributed by atoms with E-state index >= 15 is 0 Å². The molecular weight excluding hydrogens is 168 g/mol. The number of anilines is 1. The number of hydrogen-bond donors (Lipinski definition) is 1. The van der Waals surface area contributed by atoms with Crippen molar-refractivity contribution in [1.29, 1.82) is 5.26 Å². The summed E-state index contributed by atoms with van der Waals surface area (Å²) in [5.41, 5.74) is 5.89. The number of nitriles is 1. The predicted octanol–water partition coefficient (Wildman–Crippen LogP) is 0.373. The number of imidazole rings is 1. The summed E-state index contributed by atoms with van der Waals surface area (Å²) in [6, 6.07) is 1.91. The summed E-state index contributed by atoms with van der Waals surface area (Å²) in [6.45, 7) is 3.83. The molecule has 0 atom stereocenters. The second-order valence-electron chi connectivity index (χ2n) is 2.48. The van der Waals surface area contributed by atoms with Gasteiger partial charge in [-0.05, 0) is 6.92 Å². The van der Waals surface area contributed by atoms with Crippen molar-refractivity contribution >= 4 is 5.82 Å². The number of nitrogens with zero attached hydrogens (tertiary/aromatic N) is 3. The minimum absolute atomic E-state index is 0.275. The molecule has 0 aliphatic rings. The molecule has 0 spiro atoms. The Morgan fingerprint density at radius 2 is 2.54 bits per heavy atom. The SMILES string of the molecule is CCOCCn1cnc(C#N)c1N. The van der Waals surface area contributed by atoms with Gasteiger partial charge in [0.15, 0.2) is 5.69 Å². The summed E-state index contributed by atoms with van der Waals surface area (Å²) in [5, 5.41) is 8.57. The van der Waals surface area contributed by atoms with Crippen molar-refractivity contribution in [1.82, 2.24) is 9.55 Å². The molecule has 1 heterocycles. The third-order valence-electron chi connectivity index (χ3n) is 1.66. The number of nitrogen functional groups attached to an aromatic ring is 1. The van der Waals surface area contributed by atoms with E-state index in [1.165, 1.54) is 0 Å². The maximum Gasteiger partial charge on any atom is 0.182 e. The molecule has 1 aromatic heterocycles. The van der Waals surface area contributed by atoms with Gasteiger partial charge in [-0.2, -0.15) is 5.26 Å². The lowest BCUT2D eigenvalue weighted by Crippen LogP contribution is -2.07. The molecule has 5 heteroatoms. The van der Waals surface area contributed by atoms with Gasteiger partial charge in [0.05, 0.1) is 12.9 Å². The van der Waals surface area contributed by atoms with Crippen molar-refractivity contribution in [2.45, 2.75) is 13.5 Å². The molecule has 5 nitrogen and oxygen atoms in total. The van der Waals surface area contributed by atoms with Crippen LogP contribution in [-0.4, -0.2) is 22.8 Å². The molecule has 1 rings (SSSR count). The number of ether oxygens (including phenoxy) is 1. The topological polar surface area (TPSA) is 76.9 Å². The van der Waals surface area contributed by atoms with Gasteiger partial charge in [-0.15, -0.1) is 0 Å². The third kappa shape index (κ3) is 2.20. The molecule has 0 aliphatic carbocycles. The Labute approximate surface area is 76.7 Å². The van der Waals surface area contributed by atoms with Gasteiger partial charge in [-0.1, -0.05) is 0 Å². The van der Waals surface area contributed by atoms with Crippen LogP contribution in [0.2, 0.25) is 0 Å². The quantitative estimate of drug-likeness (QED) is 0.679. The van der Waals surface area contributed by atoms with Crippen molar-refractivity contribution in [3.05, 3.63) is 12.0 Å². The zero-order chi connectivity index (χ0) is 9.68. The first kappa shape index (κ1) is 9.55. The minimum atomic E-state index is 0.275. The Morgan fingerprint density at radius 3 is 3.08 bits per heavy atom. The molecule has 13 heavy (non-hydrogen) atoms. The molecule has 0 aromatic carbocycles. The highest BCUT2D eigenvalue weighted by molar-refractivity contribution is 5.44. The van der Waals surface area contributed by atoms with E-state index in [1.807, 2.05) is 13.0 Å². The predicted molar refractivity (Wildman–Crippen MR) is 47.8 cm³/mol. The lowest BCUT2D eigenvalue weighted by atomic mass is 10.5. The van der Waals surface area contributed by atoms with Crippen LogP contribution in [0.5, 0.6) is 0 Å². The highest BCUT2D eigenvalue weighted by Crippen LogP contribution is 2.07. The molecular formula is C8H12N4O. The van der Waals surface area contributed by atoms with Crippen LogP contribution in [0.4, 0.5) is 5.82 Å². The molecule has 0 radical (unpaired) electrons. The van der Waals surface area contributed by atoms with E-state index in [9.17, 15) is 0 Å². The van der Waals surface area contributed by atoms with E-state index in [-0.39, 0.29) is 5.69 Å². The summed E-state index contributed by atoms with van der Waals surface area (Å²) in [5.74, 6) is 0.405. The van der Waals surface area contributed by atoms with Crippen molar-refractivity contribution in [3.8, 4) is 6.07 Å². The highest BCUT2D eigenvalue weighted by Gasteiger charge is 2.05. The number of rotatable bonds is 4. The fourth-order valence-electron chi connectivity index (χ4n) is 0.963. The van der Waals surface area contributed by atoms with E-state index in [4.69, 9.17) is 15.7 Å². The van der Waals surface area contributed by atoms with Gasteiger partial charge in [0.1, 0.15) is 11.9 Å². The normalized spacial score (nSPS) is 9.85. The molecule has 1 aromatic rings. The first-order valence-electron chi connectivity index (χ1n) is 4.08. The molecule has 70 valence electrons. The monoisotopic (exact) mass is 180 g/mol. The van der Waals surface area contributed by atoms with Crippen LogP contribution < -0.4 is 5.73 Å². The largest absolute Gasteiger partial charge is 0.383 e. The van der Waals surface area contributed by atoms with Gasteiger partial charge < -0.3 is 15.0 Å². The summed E-state index contributed by atoms with van der Waals surface area (Å²) >= 11 is 0. The van der Waals surface area contributed by atoms with Crippen LogP contribution in [0.25, 0.3) is 0 Å². The van der Waals surface area contributed by atoms with E-state index in [1.54, 1.807) is 10.9 Å². The van der Waals surface area contributed by atoms with Crippen LogP contribution in [0.3, 0.4) is 0 Å². The number of aromatic nitrogens is 2. The van der Waals surface area contributed by atoms with E-state index in [2.05, 4.69) is 4.98 Å². The second kappa shape index (κ2) is 4.48. The van der Waals surface area contributed by atoms with E-state index in [0.717, 1.165) is 0 Å². The molecule has 2 N–H and O–H groups in total. The Hall–Kier alpha value is -1.54. The molecule has 0 fully saturated rings. The summed E-state index contributed by atoms with van der Waals surface area (Å²) < 4.78 is 6.85. The lowest BCUT2D eigenvalue weighted by molar-refractivity contribution is 0.139. The lowest BCUT2D eigenvalue weighted by Gasteiger charge is -2.03. The first-order valence-corrected chi connectivity index (χ1v) is 4.08. The zero-order valence-electron chi connectivity index (χ0n) is 7.53. The van der Waals surface area contributed by atoms with Crippen LogP contribution >= 0.6 is 0 Å². The maximum atomic E-state index is 8.57. The fraction of sp³-hybridized carbons (Fsp3) is 0.500. The molecule has 0 saturated carbocycles. The van der Waals surface area contributed by atoms with Gasteiger partial charge in [0.2, 0.25) is 0 Å². The maximum absolute atomic E-state index is 8.57. The molecule has 0 saturated heterocycles.